The van der Waals surface area contributed by atoms with E-state index in [1.54, 1.807) is 31.4 Å². The number of hydrogen-bond acceptors (Lipinski definition) is 3. The van der Waals surface area contributed by atoms with Crippen molar-refractivity contribution in [1.82, 2.24) is 0 Å². The van der Waals surface area contributed by atoms with Crippen LogP contribution in [-0.4, -0.2) is 19.4 Å². The van der Waals surface area contributed by atoms with Gasteiger partial charge < -0.3 is 10.5 Å². The summed E-state index contributed by atoms with van der Waals surface area (Å²) in [7, 11) is 1.60. The number of ketones is 1. The molecule has 1 aromatic carbocycles. The van der Waals surface area contributed by atoms with Crippen molar-refractivity contribution < 1.29 is 9.53 Å². The van der Waals surface area contributed by atoms with Gasteiger partial charge in [-0.15, -0.1) is 0 Å². The standard InChI is InChI=1S/C13H19NO2/c1-4-13(2,9-14)12(15)10-5-7-11(16-3)8-6-10/h5-8H,4,9,14H2,1-3H3. The summed E-state index contributed by atoms with van der Waals surface area (Å²) in [6, 6.07) is 7.15. The van der Waals surface area contributed by atoms with Crippen LogP contribution in [0, 0.1) is 5.41 Å². The number of methoxy groups -OCH3 is 1. The number of ether oxygens (including phenoxy) is 1. The molecule has 88 valence electrons. The maximum absolute atomic E-state index is 12.2. The molecule has 0 radical (unpaired) electrons. The van der Waals surface area contributed by atoms with E-state index >= 15 is 0 Å². The van der Waals surface area contributed by atoms with Crippen molar-refractivity contribution in [3.8, 4) is 5.75 Å². The number of carbonyl (C=O) groups excluding carboxylic acids is 1. The minimum absolute atomic E-state index is 0.0974. The lowest BCUT2D eigenvalue weighted by Gasteiger charge is -2.24. The molecule has 0 spiro atoms. The van der Waals surface area contributed by atoms with E-state index in [4.69, 9.17) is 10.5 Å². The second-order valence-electron chi connectivity index (χ2n) is 4.18. The second kappa shape index (κ2) is 5.12. The Kier molecular flexibility index (Phi) is 4.07. The van der Waals surface area contributed by atoms with Crippen molar-refractivity contribution >= 4 is 5.78 Å². The summed E-state index contributed by atoms with van der Waals surface area (Å²) in [5.41, 5.74) is 5.89. The molecule has 0 fully saturated rings. The van der Waals surface area contributed by atoms with Gasteiger partial charge in [0.05, 0.1) is 7.11 Å². The van der Waals surface area contributed by atoms with E-state index in [2.05, 4.69) is 0 Å². The Balaban J connectivity index is 2.95. The number of hydrogen-bond donors (Lipinski definition) is 1. The number of benzene rings is 1. The van der Waals surface area contributed by atoms with Gasteiger partial charge in [0.25, 0.3) is 0 Å². The number of nitrogens with two attached hydrogens (primary N) is 1. The van der Waals surface area contributed by atoms with Crippen molar-refractivity contribution in [1.29, 1.82) is 0 Å². The molecule has 16 heavy (non-hydrogen) atoms. The van der Waals surface area contributed by atoms with Gasteiger partial charge in [0.1, 0.15) is 5.75 Å². The SMILES string of the molecule is CCC(C)(CN)C(=O)c1ccc(OC)cc1. The molecule has 1 aromatic rings. The zero-order valence-corrected chi connectivity index (χ0v) is 10.1. The topological polar surface area (TPSA) is 52.3 Å². The molecule has 0 heterocycles. The molecule has 0 aromatic heterocycles. The van der Waals surface area contributed by atoms with Crippen LogP contribution in [-0.2, 0) is 0 Å². The van der Waals surface area contributed by atoms with Crippen LogP contribution in [0.3, 0.4) is 0 Å². The van der Waals surface area contributed by atoms with E-state index in [-0.39, 0.29) is 5.78 Å². The Morgan fingerprint density at radius 3 is 2.31 bits per heavy atom. The molecule has 3 nitrogen and oxygen atoms in total. The highest BCUT2D eigenvalue weighted by molar-refractivity contribution is 6.00. The van der Waals surface area contributed by atoms with Crippen LogP contribution in [0.25, 0.3) is 0 Å². The Bertz CT molecular complexity index is 353. The van der Waals surface area contributed by atoms with Gasteiger partial charge in [-0.3, -0.25) is 4.79 Å². The van der Waals surface area contributed by atoms with Crippen LogP contribution in [0.2, 0.25) is 0 Å². The molecule has 0 amide bonds. The van der Waals surface area contributed by atoms with Crippen LogP contribution < -0.4 is 10.5 Å². The highest BCUT2D eigenvalue weighted by Gasteiger charge is 2.30. The smallest absolute Gasteiger partial charge is 0.169 e. The molecule has 1 atom stereocenters. The Labute approximate surface area is 96.6 Å². The summed E-state index contributed by atoms with van der Waals surface area (Å²) in [5.74, 6) is 0.850. The first-order valence-electron chi connectivity index (χ1n) is 5.46. The van der Waals surface area contributed by atoms with E-state index < -0.39 is 5.41 Å². The Morgan fingerprint density at radius 2 is 1.94 bits per heavy atom. The van der Waals surface area contributed by atoms with Gasteiger partial charge in [0, 0.05) is 17.5 Å². The van der Waals surface area contributed by atoms with Crippen molar-refractivity contribution in [3.05, 3.63) is 29.8 Å². The summed E-state index contributed by atoms with van der Waals surface area (Å²) in [6.45, 7) is 4.25. The monoisotopic (exact) mass is 221 g/mol. The predicted octanol–water partition coefficient (Wildman–Crippen LogP) is 2.25. The van der Waals surface area contributed by atoms with Crippen molar-refractivity contribution in [3.63, 3.8) is 0 Å². The van der Waals surface area contributed by atoms with E-state index in [9.17, 15) is 4.79 Å². The zero-order chi connectivity index (χ0) is 12.2. The maximum Gasteiger partial charge on any atom is 0.169 e. The van der Waals surface area contributed by atoms with Crippen molar-refractivity contribution in [2.45, 2.75) is 20.3 Å². The average Bonchev–Trinajstić information content (AvgIpc) is 2.37. The molecular weight excluding hydrogens is 202 g/mol. The van der Waals surface area contributed by atoms with Gasteiger partial charge in [-0.25, -0.2) is 0 Å². The summed E-state index contributed by atoms with van der Waals surface area (Å²) < 4.78 is 5.05. The lowest BCUT2D eigenvalue weighted by Crippen LogP contribution is -2.35. The van der Waals surface area contributed by atoms with E-state index in [0.717, 1.165) is 12.2 Å². The molecular formula is C13H19NO2. The highest BCUT2D eigenvalue weighted by Crippen LogP contribution is 2.26. The first-order valence-corrected chi connectivity index (χ1v) is 5.46. The zero-order valence-electron chi connectivity index (χ0n) is 10.1. The Morgan fingerprint density at radius 1 is 1.38 bits per heavy atom. The third kappa shape index (κ3) is 2.42. The van der Waals surface area contributed by atoms with Gasteiger partial charge in [0.2, 0.25) is 0 Å². The molecule has 0 aliphatic rings. The normalized spacial score (nSPS) is 14.2. The molecule has 1 rings (SSSR count). The Hall–Kier alpha value is -1.35. The van der Waals surface area contributed by atoms with Gasteiger partial charge in [0.15, 0.2) is 5.78 Å². The number of carbonyl (C=O) groups is 1. The van der Waals surface area contributed by atoms with Gasteiger partial charge >= 0.3 is 0 Å². The molecule has 0 aliphatic heterocycles. The summed E-state index contributed by atoms with van der Waals surface area (Å²) in [5, 5.41) is 0. The fraction of sp³-hybridized carbons (Fsp3) is 0.462. The van der Waals surface area contributed by atoms with E-state index in [1.807, 2.05) is 13.8 Å². The lowest BCUT2D eigenvalue weighted by atomic mass is 9.80. The van der Waals surface area contributed by atoms with Crippen molar-refractivity contribution in [2.24, 2.45) is 11.1 Å². The van der Waals surface area contributed by atoms with Crippen LogP contribution in [0.1, 0.15) is 30.6 Å². The number of Topliss-reactive ketones (excluding diaryl/α,β-unsaturated/α-hetero) is 1. The minimum atomic E-state index is -0.464. The molecule has 0 bridgehead atoms. The molecule has 2 N–H and O–H groups in total. The number of rotatable bonds is 5. The van der Waals surface area contributed by atoms with Crippen LogP contribution in [0.5, 0.6) is 5.75 Å². The molecule has 1 unspecified atom stereocenters. The summed E-state index contributed by atoms with van der Waals surface area (Å²) in [4.78, 5) is 12.2. The third-order valence-corrected chi connectivity index (χ3v) is 3.13. The maximum atomic E-state index is 12.2. The van der Waals surface area contributed by atoms with E-state index in [1.165, 1.54) is 0 Å². The highest BCUT2D eigenvalue weighted by atomic mass is 16.5. The first kappa shape index (κ1) is 12.7. The fourth-order valence-corrected chi connectivity index (χ4v) is 1.49. The van der Waals surface area contributed by atoms with Gasteiger partial charge in [-0.1, -0.05) is 13.8 Å². The molecule has 0 aliphatic carbocycles. The van der Waals surface area contributed by atoms with Gasteiger partial charge in [-0.05, 0) is 30.7 Å². The molecule has 0 saturated heterocycles. The fourth-order valence-electron chi connectivity index (χ4n) is 1.49. The lowest BCUT2D eigenvalue weighted by molar-refractivity contribution is 0.0820. The summed E-state index contributed by atoms with van der Waals surface area (Å²) in [6.07, 6.45) is 0.744. The van der Waals surface area contributed by atoms with E-state index in [0.29, 0.717) is 12.1 Å². The second-order valence-corrected chi connectivity index (χ2v) is 4.18. The minimum Gasteiger partial charge on any atom is -0.497 e. The van der Waals surface area contributed by atoms with Crippen LogP contribution in [0.15, 0.2) is 24.3 Å². The molecule has 0 saturated carbocycles. The summed E-state index contributed by atoms with van der Waals surface area (Å²) >= 11 is 0. The quantitative estimate of drug-likeness (QED) is 0.776. The predicted molar refractivity (Wildman–Crippen MR) is 64.8 cm³/mol. The van der Waals surface area contributed by atoms with Crippen LogP contribution >= 0.6 is 0 Å². The van der Waals surface area contributed by atoms with Crippen LogP contribution in [0.4, 0.5) is 0 Å². The van der Waals surface area contributed by atoms with Gasteiger partial charge in [-0.2, -0.15) is 0 Å². The van der Waals surface area contributed by atoms with Crippen molar-refractivity contribution in [2.75, 3.05) is 13.7 Å². The third-order valence-electron chi connectivity index (χ3n) is 3.13. The average molecular weight is 221 g/mol. The largest absolute Gasteiger partial charge is 0.497 e. The molecule has 3 heteroatoms. The first-order chi connectivity index (χ1) is 7.57.